The second-order valence-corrected chi connectivity index (χ2v) is 11.5. The molecular weight excluding hydrogens is 470 g/mol. The Balaban J connectivity index is 1.42. The van der Waals surface area contributed by atoms with Crippen molar-refractivity contribution in [1.29, 1.82) is 0 Å². The highest BCUT2D eigenvalue weighted by molar-refractivity contribution is 8.13. The van der Waals surface area contributed by atoms with Crippen molar-refractivity contribution in [1.82, 2.24) is 15.2 Å². The molecule has 1 amide bonds. The number of aromatic nitrogens is 1. The molecule has 36 heavy (non-hydrogen) atoms. The minimum atomic E-state index is -0.493. The van der Waals surface area contributed by atoms with Gasteiger partial charge >= 0.3 is 5.30 Å². The van der Waals surface area contributed by atoms with E-state index < -0.39 is 5.60 Å². The summed E-state index contributed by atoms with van der Waals surface area (Å²) in [4.78, 5) is 31.8. The second-order valence-electron chi connectivity index (χ2n) is 10.3. The fourth-order valence-corrected chi connectivity index (χ4v) is 5.64. The summed E-state index contributed by atoms with van der Waals surface area (Å²) in [6.07, 6.45) is 5.39. The minimum Gasteiger partial charge on any atom is -0.452 e. The molecule has 1 aliphatic heterocycles. The first-order chi connectivity index (χ1) is 17.3. The van der Waals surface area contributed by atoms with Crippen molar-refractivity contribution >= 4 is 33.7 Å². The third-order valence-corrected chi connectivity index (χ3v) is 7.20. The molecule has 2 aromatic carbocycles. The Hall–Kier alpha value is -2.90. The van der Waals surface area contributed by atoms with E-state index >= 15 is 0 Å². The van der Waals surface area contributed by atoms with Gasteiger partial charge in [0.2, 0.25) is 5.91 Å². The van der Waals surface area contributed by atoms with Crippen molar-refractivity contribution in [2.24, 2.45) is 0 Å². The summed E-state index contributed by atoms with van der Waals surface area (Å²) in [6.45, 7) is 7.60. The quantitative estimate of drug-likeness (QED) is 0.422. The van der Waals surface area contributed by atoms with E-state index in [1.165, 1.54) is 28.1 Å². The van der Waals surface area contributed by atoms with Gasteiger partial charge in [0.15, 0.2) is 0 Å². The fraction of sp³-hybridized carbons (Fsp3) is 0.414. The van der Waals surface area contributed by atoms with E-state index in [1.54, 1.807) is 12.4 Å². The first-order valence-corrected chi connectivity index (χ1v) is 13.4. The average Bonchev–Trinajstić information content (AvgIpc) is 3.27. The maximum Gasteiger partial charge on any atom is 0.368 e. The Bertz CT molecular complexity index is 1170. The molecule has 0 bridgehead atoms. The van der Waals surface area contributed by atoms with Crippen molar-refractivity contribution in [3.05, 3.63) is 78.1 Å². The van der Waals surface area contributed by atoms with Crippen molar-refractivity contribution in [3.63, 3.8) is 0 Å². The number of fused-ring (bicyclic) bond motifs is 1. The van der Waals surface area contributed by atoms with Crippen LogP contribution in [0.15, 0.2) is 67.0 Å². The average molecular weight is 506 g/mol. The first-order valence-electron chi connectivity index (χ1n) is 12.5. The molecule has 0 aliphatic carbocycles. The molecule has 1 aromatic heterocycles. The number of thioether (sulfide) groups is 1. The zero-order valence-electron chi connectivity index (χ0n) is 21.3. The van der Waals surface area contributed by atoms with Gasteiger partial charge in [-0.15, -0.1) is 0 Å². The summed E-state index contributed by atoms with van der Waals surface area (Å²) in [7, 11) is 0. The van der Waals surface area contributed by atoms with Crippen LogP contribution in [0, 0.1) is 0 Å². The summed E-state index contributed by atoms with van der Waals surface area (Å²) in [6, 6.07) is 18.7. The predicted octanol–water partition coefficient (Wildman–Crippen LogP) is 5.25. The zero-order valence-corrected chi connectivity index (χ0v) is 22.1. The number of carbonyl (C=O) groups is 2. The van der Waals surface area contributed by atoms with Gasteiger partial charge in [0, 0.05) is 43.3 Å². The van der Waals surface area contributed by atoms with Crippen LogP contribution in [-0.4, -0.2) is 57.6 Å². The summed E-state index contributed by atoms with van der Waals surface area (Å²) in [5, 5.41) is 5.85. The predicted molar refractivity (Wildman–Crippen MR) is 146 cm³/mol. The number of benzene rings is 2. The lowest BCUT2D eigenvalue weighted by molar-refractivity contribution is -0.130. The molecule has 4 rings (SSSR count). The lowest BCUT2D eigenvalue weighted by Gasteiger charge is -2.26. The summed E-state index contributed by atoms with van der Waals surface area (Å²) >= 11 is 1.25. The van der Waals surface area contributed by atoms with Gasteiger partial charge in [-0.1, -0.05) is 48.5 Å². The smallest absolute Gasteiger partial charge is 0.368 e. The lowest BCUT2D eigenvalue weighted by Crippen LogP contribution is -2.42. The van der Waals surface area contributed by atoms with E-state index in [9.17, 15) is 9.59 Å². The Labute approximate surface area is 217 Å². The Morgan fingerprint density at radius 2 is 1.92 bits per heavy atom. The van der Waals surface area contributed by atoms with Crippen LogP contribution in [-0.2, 0) is 22.4 Å². The zero-order chi connectivity index (χ0) is 25.5. The molecule has 1 N–H and O–H groups in total. The molecule has 190 valence electrons. The topological polar surface area (TPSA) is 71.5 Å². The van der Waals surface area contributed by atoms with E-state index in [1.807, 2.05) is 43.9 Å². The number of rotatable bonds is 8. The molecule has 1 fully saturated rings. The Morgan fingerprint density at radius 1 is 1.11 bits per heavy atom. The van der Waals surface area contributed by atoms with Crippen molar-refractivity contribution in [2.75, 3.05) is 19.6 Å². The monoisotopic (exact) mass is 505 g/mol. The molecule has 1 aliphatic rings. The molecular formula is C29H35N3O3S. The highest BCUT2D eigenvalue weighted by Gasteiger charge is 2.30. The number of hydrogen-bond donors (Lipinski definition) is 1. The number of carbonyl (C=O) groups excluding carboxylic acids is 2. The Kier molecular flexibility index (Phi) is 8.64. The van der Waals surface area contributed by atoms with Gasteiger partial charge in [0.25, 0.3) is 0 Å². The van der Waals surface area contributed by atoms with Gasteiger partial charge in [0.1, 0.15) is 5.60 Å². The van der Waals surface area contributed by atoms with Crippen LogP contribution < -0.4 is 5.32 Å². The van der Waals surface area contributed by atoms with Crippen LogP contribution in [0.5, 0.6) is 0 Å². The number of nitrogens with zero attached hydrogens (tertiary/aromatic N) is 2. The highest BCUT2D eigenvalue weighted by Crippen LogP contribution is 2.26. The molecule has 0 saturated carbocycles. The van der Waals surface area contributed by atoms with E-state index in [0.29, 0.717) is 19.5 Å². The second kappa shape index (κ2) is 11.9. The van der Waals surface area contributed by atoms with E-state index in [-0.39, 0.29) is 22.5 Å². The van der Waals surface area contributed by atoms with E-state index in [2.05, 4.69) is 46.7 Å². The number of amides is 1. The van der Waals surface area contributed by atoms with Crippen LogP contribution in [0.4, 0.5) is 4.79 Å². The molecule has 3 aromatic rings. The Morgan fingerprint density at radius 3 is 2.69 bits per heavy atom. The minimum absolute atomic E-state index is 0.0910. The SMILES string of the molecule is CC(C)(C)OC(=O)SC1CNC(CN(CCc2cccc3ccccc23)C(=O)Cc2cccnc2)C1. The molecule has 2 heterocycles. The van der Waals surface area contributed by atoms with E-state index in [0.717, 1.165) is 24.9 Å². The van der Waals surface area contributed by atoms with Crippen molar-refractivity contribution < 1.29 is 14.3 Å². The normalized spacial score (nSPS) is 17.8. The van der Waals surface area contributed by atoms with Crippen LogP contribution in [0.1, 0.15) is 38.3 Å². The third-order valence-electron chi connectivity index (χ3n) is 6.24. The van der Waals surface area contributed by atoms with Gasteiger partial charge in [-0.2, -0.15) is 0 Å². The summed E-state index contributed by atoms with van der Waals surface area (Å²) < 4.78 is 5.47. The van der Waals surface area contributed by atoms with E-state index in [4.69, 9.17) is 4.74 Å². The van der Waals surface area contributed by atoms with Crippen LogP contribution in [0.25, 0.3) is 10.8 Å². The number of nitrogens with one attached hydrogen (secondary N) is 1. The summed E-state index contributed by atoms with van der Waals surface area (Å²) in [5.41, 5.74) is 1.66. The number of pyridine rings is 1. The molecule has 0 radical (unpaired) electrons. The largest absolute Gasteiger partial charge is 0.452 e. The van der Waals surface area contributed by atoms with Gasteiger partial charge in [-0.3, -0.25) is 9.78 Å². The molecule has 0 spiro atoms. The fourth-order valence-electron chi connectivity index (χ4n) is 4.56. The highest BCUT2D eigenvalue weighted by atomic mass is 32.2. The van der Waals surface area contributed by atoms with Gasteiger partial charge in [0.05, 0.1) is 6.42 Å². The lowest BCUT2D eigenvalue weighted by atomic mass is 10.0. The maximum absolute atomic E-state index is 13.4. The molecule has 7 heteroatoms. The van der Waals surface area contributed by atoms with Crippen LogP contribution in [0.3, 0.4) is 0 Å². The van der Waals surface area contributed by atoms with Gasteiger partial charge in [-0.25, -0.2) is 4.79 Å². The molecule has 2 atom stereocenters. The van der Waals surface area contributed by atoms with Gasteiger partial charge < -0.3 is 15.0 Å². The summed E-state index contributed by atoms with van der Waals surface area (Å²) in [5.74, 6) is 0.0910. The van der Waals surface area contributed by atoms with Crippen molar-refractivity contribution in [3.8, 4) is 0 Å². The first kappa shape index (κ1) is 26.2. The third kappa shape index (κ3) is 7.55. The van der Waals surface area contributed by atoms with Crippen LogP contribution in [0.2, 0.25) is 0 Å². The van der Waals surface area contributed by atoms with Crippen molar-refractivity contribution in [2.45, 2.75) is 56.9 Å². The maximum atomic E-state index is 13.4. The number of ether oxygens (including phenoxy) is 1. The molecule has 6 nitrogen and oxygen atoms in total. The molecule has 1 saturated heterocycles. The standard InChI is InChI=1S/C29H35N3O3S/c1-29(2,3)35-28(34)36-25-17-24(31-19-25)20-32(27(33)16-21-8-7-14-30-18-21)15-13-23-11-6-10-22-9-4-5-12-26(22)23/h4-12,14,18,24-25,31H,13,15-17,19-20H2,1-3H3. The number of hydrogen-bond acceptors (Lipinski definition) is 6. The van der Waals surface area contributed by atoms with Crippen LogP contribution >= 0.6 is 11.8 Å². The molecule has 2 unspecified atom stereocenters. The van der Waals surface area contributed by atoms with Gasteiger partial charge in [-0.05, 0) is 73.3 Å².